The number of ether oxygens (including phenoxy) is 1. The number of anilines is 1. The van der Waals surface area contributed by atoms with Crippen LogP contribution in [0.1, 0.15) is 47.9 Å². The van der Waals surface area contributed by atoms with Crippen molar-refractivity contribution >= 4 is 23.5 Å². The number of hydrogen-bond donors (Lipinski definition) is 2. The van der Waals surface area contributed by atoms with Gasteiger partial charge < -0.3 is 15.0 Å². The van der Waals surface area contributed by atoms with E-state index in [4.69, 9.17) is 4.74 Å². The maximum Gasteiger partial charge on any atom is 0.257 e. The van der Waals surface area contributed by atoms with Crippen LogP contribution in [0.15, 0.2) is 58.5 Å². The number of aromatic amines is 1. The first kappa shape index (κ1) is 21.2. The van der Waals surface area contributed by atoms with Gasteiger partial charge in [0.15, 0.2) is 5.16 Å². The monoisotopic (exact) mass is 435 g/mol. The highest BCUT2D eigenvalue weighted by molar-refractivity contribution is 7.98. The van der Waals surface area contributed by atoms with E-state index in [2.05, 4.69) is 21.4 Å². The molecule has 1 amide bonds. The largest absolute Gasteiger partial charge is 0.493 e. The van der Waals surface area contributed by atoms with Crippen LogP contribution in [0.4, 0.5) is 5.82 Å². The normalized spacial score (nSPS) is 15.3. The molecular weight excluding hydrogens is 410 g/mol. The first-order chi connectivity index (χ1) is 15.0. The molecule has 160 valence electrons. The van der Waals surface area contributed by atoms with Crippen molar-refractivity contribution in [3.63, 3.8) is 0 Å². The van der Waals surface area contributed by atoms with E-state index in [-0.39, 0.29) is 17.9 Å². The molecule has 2 heterocycles. The molecule has 1 atom stereocenters. The van der Waals surface area contributed by atoms with Gasteiger partial charge in [-0.1, -0.05) is 66.7 Å². The van der Waals surface area contributed by atoms with Gasteiger partial charge in [0.05, 0.1) is 12.2 Å². The molecule has 0 fully saturated rings. The fourth-order valence-electron chi connectivity index (χ4n) is 3.75. The molecule has 0 radical (unpaired) electrons. The van der Waals surface area contributed by atoms with Crippen LogP contribution >= 0.6 is 11.8 Å². The molecule has 0 aliphatic carbocycles. The van der Waals surface area contributed by atoms with E-state index in [1.165, 1.54) is 17.3 Å². The second kappa shape index (κ2) is 9.39. The first-order valence-corrected chi connectivity index (χ1v) is 11.4. The Balaban J connectivity index is 1.66. The Labute approximate surface area is 185 Å². The van der Waals surface area contributed by atoms with E-state index in [9.17, 15) is 9.59 Å². The van der Waals surface area contributed by atoms with Crippen molar-refractivity contribution in [3.8, 4) is 5.75 Å². The predicted molar refractivity (Wildman–Crippen MR) is 123 cm³/mol. The number of para-hydroxylation sites is 1. The number of nitrogens with zero attached hydrogens (tertiary/aromatic N) is 1. The van der Waals surface area contributed by atoms with Gasteiger partial charge in [0.2, 0.25) is 5.91 Å². The van der Waals surface area contributed by atoms with Crippen LogP contribution in [0.3, 0.4) is 0 Å². The van der Waals surface area contributed by atoms with Gasteiger partial charge in [0, 0.05) is 23.7 Å². The van der Waals surface area contributed by atoms with Crippen LogP contribution in [-0.4, -0.2) is 22.5 Å². The van der Waals surface area contributed by atoms with E-state index in [0.29, 0.717) is 34.6 Å². The van der Waals surface area contributed by atoms with Gasteiger partial charge in [-0.15, -0.1) is 0 Å². The zero-order valence-electron chi connectivity index (χ0n) is 17.6. The Bertz CT molecular complexity index is 1160. The number of rotatable bonds is 7. The van der Waals surface area contributed by atoms with Crippen molar-refractivity contribution in [3.05, 3.63) is 81.1 Å². The van der Waals surface area contributed by atoms with Gasteiger partial charge >= 0.3 is 0 Å². The number of aryl methyl sites for hydroxylation is 1. The number of aromatic nitrogens is 2. The van der Waals surface area contributed by atoms with Crippen LogP contribution < -0.4 is 15.6 Å². The molecular formula is C24H25N3O3S. The minimum Gasteiger partial charge on any atom is -0.493 e. The predicted octanol–water partition coefficient (Wildman–Crippen LogP) is 4.63. The highest BCUT2D eigenvalue weighted by Crippen LogP contribution is 2.38. The zero-order valence-corrected chi connectivity index (χ0v) is 18.4. The van der Waals surface area contributed by atoms with Crippen LogP contribution in [-0.2, 0) is 10.5 Å². The fraction of sp³-hybridized carbons (Fsp3) is 0.292. The summed E-state index contributed by atoms with van der Waals surface area (Å²) in [6.07, 6.45) is 1.06. The van der Waals surface area contributed by atoms with E-state index in [1.807, 2.05) is 56.3 Å². The molecule has 4 rings (SSSR count). The summed E-state index contributed by atoms with van der Waals surface area (Å²) >= 11 is 1.44. The number of amides is 1. The topological polar surface area (TPSA) is 84.1 Å². The Kier molecular flexibility index (Phi) is 6.42. The molecule has 1 aromatic heterocycles. The van der Waals surface area contributed by atoms with E-state index in [0.717, 1.165) is 17.5 Å². The molecule has 31 heavy (non-hydrogen) atoms. The van der Waals surface area contributed by atoms with Crippen LogP contribution in [0.2, 0.25) is 0 Å². The summed E-state index contributed by atoms with van der Waals surface area (Å²) in [6, 6.07) is 15.8. The summed E-state index contributed by atoms with van der Waals surface area (Å²) in [7, 11) is 0. The molecule has 1 aliphatic heterocycles. The summed E-state index contributed by atoms with van der Waals surface area (Å²) in [4.78, 5) is 33.0. The van der Waals surface area contributed by atoms with Crippen LogP contribution in [0.5, 0.6) is 5.75 Å². The van der Waals surface area contributed by atoms with Crippen molar-refractivity contribution < 1.29 is 9.53 Å². The molecule has 0 bridgehead atoms. The molecule has 7 heteroatoms. The lowest BCUT2D eigenvalue weighted by Crippen LogP contribution is -2.31. The Morgan fingerprint density at radius 3 is 2.81 bits per heavy atom. The lowest BCUT2D eigenvalue weighted by Gasteiger charge is -2.26. The minimum absolute atomic E-state index is 0.157. The third-order valence-corrected chi connectivity index (χ3v) is 6.09. The molecule has 0 spiro atoms. The van der Waals surface area contributed by atoms with Gasteiger partial charge in [0.1, 0.15) is 11.6 Å². The van der Waals surface area contributed by atoms with Gasteiger partial charge in [-0.25, -0.2) is 4.98 Å². The van der Waals surface area contributed by atoms with E-state index >= 15 is 0 Å². The lowest BCUT2D eigenvalue weighted by molar-refractivity contribution is -0.116. The number of fused-ring (bicyclic) bond motifs is 1. The van der Waals surface area contributed by atoms with Crippen molar-refractivity contribution in [1.29, 1.82) is 0 Å². The van der Waals surface area contributed by atoms with Gasteiger partial charge in [0.25, 0.3) is 5.56 Å². The molecule has 3 aromatic rings. The highest BCUT2D eigenvalue weighted by Gasteiger charge is 2.32. The Morgan fingerprint density at radius 1 is 1.16 bits per heavy atom. The molecule has 0 saturated heterocycles. The number of nitrogens with one attached hydrogen (secondary N) is 2. The van der Waals surface area contributed by atoms with Gasteiger partial charge in [-0.3, -0.25) is 9.59 Å². The second-order valence-corrected chi connectivity index (χ2v) is 8.57. The van der Waals surface area contributed by atoms with E-state index in [1.54, 1.807) is 0 Å². The summed E-state index contributed by atoms with van der Waals surface area (Å²) in [5.41, 5.74) is 3.41. The second-order valence-electron chi connectivity index (χ2n) is 7.60. The summed E-state index contributed by atoms with van der Waals surface area (Å²) in [5, 5.41) is 3.27. The summed E-state index contributed by atoms with van der Waals surface area (Å²) in [5.74, 6) is 1.16. The molecule has 2 aromatic carbocycles. The standard InChI is InChI=1S/C24H25N3O3S/c1-3-11-30-19-10-5-4-9-17(19)18-13-20(28)25-22-21(18)23(29)27-24(26-22)31-14-16-8-6-7-15(2)12-16/h4-10,12,18H,3,11,13-14H2,1-2H3,(H2,25,26,27,28,29)/t18-/m0/s1. The SMILES string of the molecule is CCCOc1ccccc1[C@@H]1CC(=O)Nc2nc(SCc3cccc(C)c3)[nH]c(=O)c21. The third kappa shape index (κ3) is 4.82. The Morgan fingerprint density at radius 2 is 2.00 bits per heavy atom. The van der Waals surface area contributed by atoms with Crippen molar-refractivity contribution in [1.82, 2.24) is 9.97 Å². The Hall–Kier alpha value is -3.06. The minimum atomic E-state index is -0.399. The highest BCUT2D eigenvalue weighted by atomic mass is 32.2. The maximum atomic E-state index is 13.1. The number of hydrogen-bond acceptors (Lipinski definition) is 5. The molecule has 0 saturated carbocycles. The van der Waals surface area contributed by atoms with Crippen molar-refractivity contribution in [2.75, 3.05) is 11.9 Å². The fourth-order valence-corrected chi connectivity index (χ4v) is 4.55. The van der Waals surface area contributed by atoms with E-state index < -0.39 is 5.92 Å². The lowest BCUT2D eigenvalue weighted by atomic mass is 9.86. The van der Waals surface area contributed by atoms with Crippen LogP contribution in [0, 0.1) is 6.92 Å². The number of benzene rings is 2. The molecule has 0 unspecified atom stereocenters. The smallest absolute Gasteiger partial charge is 0.257 e. The zero-order chi connectivity index (χ0) is 21.8. The third-order valence-electron chi connectivity index (χ3n) is 5.14. The first-order valence-electron chi connectivity index (χ1n) is 10.4. The quantitative estimate of drug-likeness (QED) is 0.417. The average molecular weight is 436 g/mol. The average Bonchev–Trinajstić information content (AvgIpc) is 2.75. The summed E-state index contributed by atoms with van der Waals surface area (Å²) in [6.45, 7) is 4.66. The van der Waals surface area contributed by atoms with Crippen molar-refractivity contribution in [2.45, 2.75) is 43.5 Å². The maximum absolute atomic E-state index is 13.1. The molecule has 6 nitrogen and oxygen atoms in total. The summed E-state index contributed by atoms with van der Waals surface area (Å²) < 4.78 is 5.88. The van der Waals surface area contributed by atoms with Crippen LogP contribution in [0.25, 0.3) is 0 Å². The number of carbonyl (C=O) groups excluding carboxylic acids is 1. The van der Waals surface area contributed by atoms with Gasteiger partial charge in [-0.2, -0.15) is 0 Å². The molecule has 1 aliphatic rings. The van der Waals surface area contributed by atoms with Crippen molar-refractivity contribution in [2.24, 2.45) is 0 Å². The number of carbonyl (C=O) groups is 1. The number of thioether (sulfide) groups is 1. The van der Waals surface area contributed by atoms with Gasteiger partial charge in [-0.05, 0) is 25.0 Å². The number of H-pyrrole nitrogens is 1. The molecule has 2 N–H and O–H groups in total.